The Hall–Kier alpha value is -1.99. The van der Waals surface area contributed by atoms with Gasteiger partial charge in [-0.05, 0) is 19.1 Å². The van der Waals surface area contributed by atoms with E-state index in [1.54, 1.807) is 12.1 Å². The van der Waals surface area contributed by atoms with Crippen LogP contribution < -0.4 is 19.5 Å². The maximum atomic E-state index is 12.3. The van der Waals surface area contributed by atoms with Gasteiger partial charge in [-0.2, -0.15) is 0 Å². The van der Waals surface area contributed by atoms with E-state index in [9.17, 15) is 4.79 Å². The molecule has 0 unspecified atom stereocenters. The zero-order valence-electron chi connectivity index (χ0n) is 13.9. The number of hydrogen-bond acceptors (Lipinski definition) is 6. The van der Waals surface area contributed by atoms with Gasteiger partial charge in [0.2, 0.25) is 5.75 Å². The first kappa shape index (κ1) is 17.4. The van der Waals surface area contributed by atoms with Crippen LogP contribution in [-0.2, 0) is 9.47 Å². The lowest BCUT2D eigenvalue weighted by molar-refractivity contribution is -0.145. The molecular formula is C16H23NO6. The topological polar surface area (TPSA) is 75.3 Å². The molecule has 1 fully saturated rings. The van der Waals surface area contributed by atoms with Gasteiger partial charge in [0, 0.05) is 18.5 Å². The fourth-order valence-electron chi connectivity index (χ4n) is 2.42. The van der Waals surface area contributed by atoms with Crippen molar-refractivity contribution in [3.63, 3.8) is 0 Å². The lowest BCUT2D eigenvalue weighted by Crippen LogP contribution is -2.33. The van der Waals surface area contributed by atoms with Crippen LogP contribution in [0.4, 0.5) is 0 Å². The molecule has 128 valence electrons. The smallest absolute Gasteiger partial charge is 0.251 e. The van der Waals surface area contributed by atoms with Crippen LogP contribution in [0.25, 0.3) is 0 Å². The van der Waals surface area contributed by atoms with Crippen LogP contribution in [0.2, 0.25) is 0 Å². The van der Waals surface area contributed by atoms with Gasteiger partial charge in [0.15, 0.2) is 17.3 Å². The van der Waals surface area contributed by atoms with Gasteiger partial charge in [0.1, 0.15) is 0 Å². The summed E-state index contributed by atoms with van der Waals surface area (Å²) in [5, 5.41) is 2.84. The number of ether oxygens (including phenoxy) is 5. The van der Waals surface area contributed by atoms with E-state index in [-0.39, 0.29) is 5.91 Å². The molecule has 2 rings (SSSR count). The summed E-state index contributed by atoms with van der Waals surface area (Å²) >= 11 is 0. The molecule has 1 heterocycles. The van der Waals surface area contributed by atoms with Gasteiger partial charge >= 0.3 is 0 Å². The molecule has 7 heteroatoms. The van der Waals surface area contributed by atoms with Gasteiger partial charge in [-0.15, -0.1) is 0 Å². The van der Waals surface area contributed by atoms with Crippen LogP contribution in [0.3, 0.4) is 0 Å². The predicted molar refractivity (Wildman–Crippen MR) is 83.4 cm³/mol. The maximum Gasteiger partial charge on any atom is 0.251 e. The van der Waals surface area contributed by atoms with E-state index >= 15 is 0 Å². The van der Waals surface area contributed by atoms with Crippen LogP contribution in [0.15, 0.2) is 12.1 Å². The average Bonchev–Trinajstić information content (AvgIpc) is 2.99. The molecule has 1 aromatic rings. The predicted octanol–water partition coefficient (Wildman–Crippen LogP) is 1.60. The Balaban J connectivity index is 2.03. The minimum atomic E-state index is -0.622. The normalized spacial score (nSPS) is 16.0. The first-order valence-electron chi connectivity index (χ1n) is 7.39. The molecule has 0 saturated carbocycles. The molecule has 0 aromatic heterocycles. The molecule has 23 heavy (non-hydrogen) atoms. The molecule has 1 N–H and O–H groups in total. The van der Waals surface area contributed by atoms with Crippen LogP contribution in [-0.4, -0.2) is 52.8 Å². The molecule has 0 radical (unpaired) electrons. The van der Waals surface area contributed by atoms with Gasteiger partial charge in [-0.25, -0.2) is 0 Å². The Morgan fingerprint density at radius 2 is 1.70 bits per heavy atom. The van der Waals surface area contributed by atoms with Gasteiger partial charge < -0.3 is 29.0 Å². The maximum absolute atomic E-state index is 12.3. The molecule has 0 atom stereocenters. The van der Waals surface area contributed by atoms with Crippen LogP contribution in [0.5, 0.6) is 17.2 Å². The van der Waals surface area contributed by atoms with Crippen LogP contribution in [0.1, 0.15) is 23.7 Å². The van der Waals surface area contributed by atoms with Crippen LogP contribution in [0, 0.1) is 0 Å². The molecule has 1 saturated heterocycles. The third-order valence-corrected chi connectivity index (χ3v) is 3.69. The van der Waals surface area contributed by atoms with E-state index in [1.807, 2.05) is 6.92 Å². The number of rotatable bonds is 7. The fraction of sp³-hybridized carbons (Fsp3) is 0.562. The summed E-state index contributed by atoms with van der Waals surface area (Å²) in [5.41, 5.74) is 0.429. The molecule has 0 spiro atoms. The van der Waals surface area contributed by atoms with Gasteiger partial charge in [0.25, 0.3) is 5.91 Å². The lowest BCUT2D eigenvalue weighted by atomic mass is 10.1. The monoisotopic (exact) mass is 325 g/mol. The van der Waals surface area contributed by atoms with E-state index in [2.05, 4.69) is 5.32 Å². The second-order valence-electron chi connectivity index (χ2n) is 5.25. The summed E-state index contributed by atoms with van der Waals surface area (Å²) in [4.78, 5) is 12.3. The molecule has 0 bridgehead atoms. The van der Waals surface area contributed by atoms with Crippen molar-refractivity contribution < 1.29 is 28.5 Å². The highest BCUT2D eigenvalue weighted by Gasteiger charge is 2.30. The summed E-state index contributed by atoms with van der Waals surface area (Å²) in [6.45, 7) is 3.46. The van der Waals surface area contributed by atoms with Gasteiger partial charge in [0.05, 0.1) is 34.5 Å². The van der Waals surface area contributed by atoms with Crippen molar-refractivity contribution in [2.24, 2.45) is 0 Å². The van der Waals surface area contributed by atoms with Crippen molar-refractivity contribution >= 4 is 5.91 Å². The number of carbonyl (C=O) groups is 1. The Kier molecular flexibility index (Phi) is 5.68. The molecule has 0 aliphatic carbocycles. The minimum absolute atomic E-state index is 0.231. The molecule has 1 aromatic carbocycles. The third kappa shape index (κ3) is 4.05. The van der Waals surface area contributed by atoms with Crippen molar-refractivity contribution in [1.29, 1.82) is 0 Å². The highest BCUT2D eigenvalue weighted by molar-refractivity contribution is 5.95. The average molecular weight is 325 g/mol. The van der Waals surface area contributed by atoms with Gasteiger partial charge in [-0.1, -0.05) is 0 Å². The van der Waals surface area contributed by atoms with Crippen molar-refractivity contribution in [1.82, 2.24) is 5.32 Å². The number of amides is 1. The zero-order chi connectivity index (χ0) is 16.9. The fourth-order valence-corrected chi connectivity index (χ4v) is 2.42. The summed E-state index contributed by atoms with van der Waals surface area (Å²) in [7, 11) is 4.53. The zero-order valence-corrected chi connectivity index (χ0v) is 13.9. The van der Waals surface area contributed by atoms with Gasteiger partial charge in [-0.3, -0.25) is 4.79 Å². The second-order valence-corrected chi connectivity index (χ2v) is 5.25. The number of benzene rings is 1. The van der Waals surface area contributed by atoms with Crippen LogP contribution >= 0.6 is 0 Å². The Morgan fingerprint density at radius 3 is 2.17 bits per heavy atom. The second kappa shape index (κ2) is 7.52. The van der Waals surface area contributed by atoms with Crippen molar-refractivity contribution in [3.8, 4) is 17.2 Å². The van der Waals surface area contributed by atoms with E-state index < -0.39 is 5.79 Å². The van der Waals surface area contributed by atoms with Crippen molar-refractivity contribution in [2.75, 3.05) is 41.1 Å². The van der Waals surface area contributed by atoms with E-state index in [0.29, 0.717) is 49.0 Å². The standard InChI is InChI=1S/C16H23NO6/c1-16(22-7-8-23-16)5-6-17-15(18)11-9-12(19-2)14(21-4)13(10-11)20-3/h9-10H,5-8H2,1-4H3,(H,17,18). The summed E-state index contributed by atoms with van der Waals surface area (Å²) in [6, 6.07) is 3.22. The van der Waals surface area contributed by atoms with Crippen molar-refractivity contribution in [2.45, 2.75) is 19.1 Å². The summed E-state index contributed by atoms with van der Waals surface area (Å²) in [5.74, 6) is 0.471. The number of hydrogen-bond donors (Lipinski definition) is 1. The summed E-state index contributed by atoms with van der Waals surface area (Å²) in [6.07, 6.45) is 0.573. The largest absolute Gasteiger partial charge is 0.493 e. The summed E-state index contributed by atoms with van der Waals surface area (Å²) < 4.78 is 26.7. The molecule has 7 nitrogen and oxygen atoms in total. The molecule has 1 amide bonds. The minimum Gasteiger partial charge on any atom is -0.493 e. The quantitative estimate of drug-likeness (QED) is 0.821. The molecular weight excluding hydrogens is 302 g/mol. The number of carbonyl (C=O) groups excluding carboxylic acids is 1. The highest BCUT2D eigenvalue weighted by Crippen LogP contribution is 2.38. The van der Waals surface area contributed by atoms with E-state index in [0.717, 1.165) is 0 Å². The first-order valence-corrected chi connectivity index (χ1v) is 7.39. The Morgan fingerprint density at radius 1 is 1.13 bits per heavy atom. The highest BCUT2D eigenvalue weighted by atomic mass is 16.7. The Labute approximate surface area is 135 Å². The van der Waals surface area contributed by atoms with E-state index in [1.165, 1.54) is 21.3 Å². The molecule has 1 aliphatic heterocycles. The SMILES string of the molecule is COc1cc(C(=O)NCCC2(C)OCCO2)cc(OC)c1OC. The number of nitrogens with one attached hydrogen (secondary N) is 1. The first-order chi connectivity index (χ1) is 11.0. The van der Waals surface area contributed by atoms with E-state index in [4.69, 9.17) is 23.7 Å². The van der Waals surface area contributed by atoms with Crippen molar-refractivity contribution in [3.05, 3.63) is 17.7 Å². The third-order valence-electron chi connectivity index (χ3n) is 3.69. The lowest BCUT2D eigenvalue weighted by Gasteiger charge is -2.22. The number of methoxy groups -OCH3 is 3. The Bertz CT molecular complexity index is 528. The molecule has 1 aliphatic rings.